The predicted molar refractivity (Wildman–Crippen MR) is 71.5 cm³/mol. The molecule has 0 aromatic heterocycles. The monoisotopic (exact) mass is 279 g/mol. The van der Waals surface area contributed by atoms with Gasteiger partial charge in [-0.3, -0.25) is 0 Å². The number of hydrogen-bond acceptors (Lipinski definition) is 5. The molecule has 1 fully saturated rings. The number of methoxy groups -OCH3 is 1. The van der Waals surface area contributed by atoms with Crippen molar-refractivity contribution in [3.63, 3.8) is 0 Å². The van der Waals surface area contributed by atoms with E-state index in [4.69, 9.17) is 9.47 Å². The van der Waals surface area contributed by atoms with Crippen molar-refractivity contribution in [2.75, 3.05) is 26.5 Å². The molecule has 1 rings (SSSR count). The lowest BCUT2D eigenvalue weighted by atomic mass is 10.0. The fourth-order valence-corrected chi connectivity index (χ4v) is 4.71. The summed E-state index contributed by atoms with van der Waals surface area (Å²) in [5.74, 6) is 0.0721. The summed E-state index contributed by atoms with van der Waals surface area (Å²) in [4.78, 5) is 0. The van der Waals surface area contributed by atoms with Gasteiger partial charge < -0.3 is 14.8 Å². The van der Waals surface area contributed by atoms with Gasteiger partial charge in [0.25, 0.3) is 0 Å². The summed E-state index contributed by atoms with van der Waals surface area (Å²) in [5.41, 5.74) is -0.523. The van der Waals surface area contributed by atoms with Crippen molar-refractivity contribution in [2.45, 2.75) is 50.2 Å². The standard InChI is InChI=1S/C12H25NO4S/c1-9-10(6-7-17-9)18(14,15)8-11(13-4)12(2,3)16-5/h9-11,13H,6-8H2,1-5H3. The van der Waals surface area contributed by atoms with E-state index >= 15 is 0 Å². The minimum atomic E-state index is -3.18. The molecular weight excluding hydrogens is 254 g/mol. The molecule has 0 aromatic rings. The Morgan fingerprint density at radius 2 is 2.11 bits per heavy atom. The highest BCUT2D eigenvalue weighted by molar-refractivity contribution is 7.92. The number of likely N-dealkylation sites (N-methyl/N-ethyl adjacent to an activating group) is 1. The number of rotatable bonds is 6. The van der Waals surface area contributed by atoms with E-state index in [-0.39, 0.29) is 23.1 Å². The number of sulfone groups is 1. The zero-order valence-electron chi connectivity index (χ0n) is 11.9. The number of hydrogen-bond donors (Lipinski definition) is 1. The molecule has 0 aliphatic carbocycles. The molecule has 5 nitrogen and oxygen atoms in total. The smallest absolute Gasteiger partial charge is 0.157 e. The first kappa shape index (κ1) is 15.9. The average Bonchev–Trinajstić information content (AvgIpc) is 2.73. The van der Waals surface area contributed by atoms with Crippen molar-refractivity contribution in [3.8, 4) is 0 Å². The number of nitrogens with one attached hydrogen (secondary N) is 1. The molecule has 108 valence electrons. The maximum absolute atomic E-state index is 12.4. The second kappa shape index (κ2) is 5.86. The molecule has 0 saturated carbocycles. The average molecular weight is 279 g/mol. The zero-order valence-corrected chi connectivity index (χ0v) is 12.7. The zero-order chi connectivity index (χ0) is 14.0. The van der Waals surface area contributed by atoms with Crippen molar-refractivity contribution >= 4 is 9.84 Å². The molecule has 3 unspecified atom stereocenters. The van der Waals surface area contributed by atoms with E-state index in [1.54, 1.807) is 14.2 Å². The van der Waals surface area contributed by atoms with Gasteiger partial charge in [0, 0.05) is 19.8 Å². The molecule has 1 heterocycles. The molecule has 1 aliphatic rings. The summed E-state index contributed by atoms with van der Waals surface area (Å²) in [6.45, 7) is 6.13. The van der Waals surface area contributed by atoms with Crippen LogP contribution >= 0.6 is 0 Å². The van der Waals surface area contributed by atoms with Crippen molar-refractivity contribution in [3.05, 3.63) is 0 Å². The summed E-state index contributed by atoms with van der Waals surface area (Å²) in [6, 6.07) is -0.236. The van der Waals surface area contributed by atoms with Crippen LogP contribution in [0.5, 0.6) is 0 Å². The summed E-state index contributed by atoms with van der Waals surface area (Å²) in [7, 11) is 0.174. The highest BCUT2D eigenvalue weighted by Gasteiger charge is 2.40. The van der Waals surface area contributed by atoms with Crippen LogP contribution in [0.15, 0.2) is 0 Å². The summed E-state index contributed by atoms with van der Waals surface area (Å²) >= 11 is 0. The van der Waals surface area contributed by atoms with E-state index < -0.39 is 15.4 Å². The summed E-state index contributed by atoms with van der Waals surface area (Å²) in [6.07, 6.45) is 0.381. The molecule has 18 heavy (non-hydrogen) atoms. The lowest BCUT2D eigenvalue weighted by Gasteiger charge is -2.33. The van der Waals surface area contributed by atoms with E-state index in [1.165, 1.54) is 0 Å². The van der Waals surface area contributed by atoms with Gasteiger partial charge in [0.1, 0.15) is 0 Å². The van der Waals surface area contributed by atoms with Crippen LogP contribution in [0.3, 0.4) is 0 Å². The largest absolute Gasteiger partial charge is 0.377 e. The van der Waals surface area contributed by atoms with Crippen molar-refractivity contribution in [1.29, 1.82) is 0 Å². The van der Waals surface area contributed by atoms with E-state index in [2.05, 4.69) is 5.32 Å². The maximum atomic E-state index is 12.4. The number of ether oxygens (including phenoxy) is 2. The van der Waals surface area contributed by atoms with Gasteiger partial charge in [-0.25, -0.2) is 8.42 Å². The second-order valence-corrected chi connectivity index (χ2v) is 7.65. The van der Waals surface area contributed by atoms with Crippen molar-refractivity contribution in [2.24, 2.45) is 0 Å². The third-order valence-corrected chi connectivity index (χ3v) is 6.22. The Morgan fingerprint density at radius 1 is 1.50 bits per heavy atom. The Balaban J connectivity index is 2.81. The van der Waals surface area contributed by atoms with E-state index in [0.717, 1.165) is 0 Å². The SMILES string of the molecule is CNC(CS(=O)(=O)C1CCOC1C)C(C)(C)OC. The Hall–Kier alpha value is -0.170. The van der Waals surface area contributed by atoms with Gasteiger partial charge in [-0.1, -0.05) is 0 Å². The van der Waals surface area contributed by atoms with E-state index in [9.17, 15) is 8.42 Å². The van der Waals surface area contributed by atoms with Crippen LogP contribution in [0, 0.1) is 0 Å². The van der Waals surface area contributed by atoms with Crippen LogP contribution in [0.1, 0.15) is 27.2 Å². The first-order chi connectivity index (χ1) is 8.24. The molecule has 1 N–H and O–H groups in total. The van der Waals surface area contributed by atoms with Crippen LogP contribution < -0.4 is 5.32 Å². The van der Waals surface area contributed by atoms with Crippen LogP contribution in [0.2, 0.25) is 0 Å². The highest BCUT2D eigenvalue weighted by atomic mass is 32.2. The molecule has 0 aromatic carbocycles. The van der Waals surface area contributed by atoms with Gasteiger partial charge in [-0.2, -0.15) is 0 Å². The third-order valence-electron chi connectivity index (χ3n) is 3.88. The second-order valence-electron chi connectivity index (χ2n) is 5.38. The molecule has 0 radical (unpaired) electrons. The fourth-order valence-electron chi connectivity index (χ4n) is 2.31. The Kier molecular flexibility index (Phi) is 5.17. The Bertz CT molecular complexity index is 366. The van der Waals surface area contributed by atoms with Crippen LogP contribution in [-0.4, -0.2) is 57.9 Å². The quantitative estimate of drug-likeness (QED) is 0.771. The topological polar surface area (TPSA) is 64.6 Å². The Labute approximate surface area is 110 Å². The molecule has 1 saturated heterocycles. The summed E-state index contributed by atoms with van der Waals surface area (Å²) in [5, 5.41) is 2.65. The Morgan fingerprint density at radius 3 is 2.50 bits per heavy atom. The molecule has 0 spiro atoms. The fraction of sp³-hybridized carbons (Fsp3) is 1.00. The van der Waals surface area contributed by atoms with Crippen LogP contribution in [-0.2, 0) is 19.3 Å². The van der Waals surface area contributed by atoms with Gasteiger partial charge in [-0.05, 0) is 34.2 Å². The van der Waals surface area contributed by atoms with Crippen LogP contribution in [0.4, 0.5) is 0 Å². The van der Waals surface area contributed by atoms with Gasteiger partial charge in [-0.15, -0.1) is 0 Å². The van der Waals surface area contributed by atoms with E-state index in [0.29, 0.717) is 13.0 Å². The first-order valence-corrected chi connectivity index (χ1v) is 8.01. The van der Waals surface area contributed by atoms with Gasteiger partial charge in [0.15, 0.2) is 9.84 Å². The molecule has 6 heteroatoms. The normalized spacial score (nSPS) is 27.4. The minimum Gasteiger partial charge on any atom is -0.377 e. The minimum absolute atomic E-state index is 0.0721. The molecule has 1 aliphatic heterocycles. The lowest BCUT2D eigenvalue weighted by Crippen LogP contribution is -2.52. The van der Waals surface area contributed by atoms with Crippen molar-refractivity contribution < 1.29 is 17.9 Å². The highest BCUT2D eigenvalue weighted by Crippen LogP contribution is 2.24. The third kappa shape index (κ3) is 3.44. The van der Waals surface area contributed by atoms with E-state index in [1.807, 2.05) is 20.8 Å². The maximum Gasteiger partial charge on any atom is 0.157 e. The molecular formula is C12H25NO4S. The van der Waals surface area contributed by atoms with Gasteiger partial charge in [0.2, 0.25) is 0 Å². The van der Waals surface area contributed by atoms with Crippen molar-refractivity contribution in [1.82, 2.24) is 5.32 Å². The first-order valence-electron chi connectivity index (χ1n) is 6.30. The summed E-state index contributed by atoms with van der Waals surface area (Å²) < 4.78 is 35.5. The molecule has 0 bridgehead atoms. The van der Waals surface area contributed by atoms with Gasteiger partial charge >= 0.3 is 0 Å². The molecule has 3 atom stereocenters. The van der Waals surface area contributed by atoms with Gasteiger partial charge in [0.05, 0.1) is 22.7 Å². The molecule has 0 amide bonds. The van der Waals surface area contributed by atoms with Crippen LogP contribution in [0.25, 0.3) is 0 Å². The lowest BCUT2D eigenvalue weighted by molar-refractivity contribution is -0.00210. The predicted octanol–water partition coefficient (Wildman–Crippen LogP) is 0.592.